The van der Waals surface area contributed by atoms with Crippen LogP contribution in [0.25, 0.3) is 0 Å². The predicted molar refractivity (Wildman–Crippen MR) is 52.2 cm³/mol. The first-order valence-electron chi connectivity index (χ1n) is 4.01. The molecule has 2 N–H and O–H groups in total. The van der Waals surface area contributed by atoms with E-state index in [1.165, 1.54) is 24.6 Å². The summed E-state index contributed by atoms with van der Waals surface area (Å²) in [6.07, 6.45) is 0. The molecule has 1 rings (SSSR count). The van der Waals surface area contributed by atoms with Crippen LogP contribution in [0.3, 0.4) is 0 Å². The number of aliphatic hydroxyl groups is 1. The summed E-state index contributed by atoms with van der Waals surface area (Å²) in [7, 11) is 0. The number of thioether (sulfide) groups is 1. The first-order valence-corrected chi connectivity index (χ1v) is 5.16. The molecule has 0 aromatic carbocycles. The summed E-state index contributed by atoms with van der Waals surface area (Å²) in [6.45, 7) is 7.66. The molecule has 0 atom stereocenters. The molecule has 0 bridgehead atoms. The van der Waals surface area contributed by atoms with Crippen molar-refractivity contribution < 1.29 is 36.2 Å². The molecular weight excluding hydrogens is 396 g/mol. The van der Waals surface area contributed by atoms with Gasteiger partial charge in [-0.25, -0.2) is 0 Å². The molecule has 0 radical (unpaired) electrons. The van der Waals surface area contributed by atoms with E-state index in [1.54, 1.807) is 20.8 Å². The molecule has 1 aliphatic heterocycles. The number of rotatable bonds is 0. The van der Waals surface area contributed by atoms with Crippen LogP contribution in [0.1, 0.15) is 20.8 Å². The van der Waals surface area contributed by atoms with Crippen LogP contribution >= 0.6 is 11.8 Å². The van der Waals surface area contributed by atoms with Gasteiger partial charge in [-0.2, -0.15) is 11.8 Å². The minimum absolute atomic E-state index is 0. The largest absolute Gasteiger partial charge is 0.391 e. The van der Waals surface area contributed by atoms with E-state index < -0.39 is 5.60 Å². The van der Waals surface area contributed by atoms with E-state index in [0.717, 1.165) is 0 Å². The van der Waals surface area contributed by atoms with E-state index in [4.69, 9.17) is 5.11 Å². The number of hydrogen-bond acceptors (Lipinski definition) is 3. The molecule has 0 aromatic rings. The average molecular weight is 415 g/mol. The second kappa shape index (κ2) is 8.90. The summed E-state index contributed by atoms with van der Waals surface area (Å²) < 4.78 is 0. The fraction of sp³-hybridized carbons (Fsp3) is 1.00. The fourth-order valence-electron chi connectivity index (χ4n) is 0.516. The Bertz CT molecular complexity index is 74.0. The average Bonchev–Trinajstić information content (AvgIpc) is 1.88. The van der Waals surface area contributed by atoms with Crippen molar-refractivity contribution >= 4 is 11.8 Å². The first-order chi connectivity index (χ1) is 5.00. The Hall–Kier alpha value is 1.32. The molecule has 72 valence electrons. The van der Waals surface area contributed by atoms with Crippen LogP contribution in [0, 0.1) is 31.1 Å². The summed E-state index contributed by atoms with van der Waals surface area (Å²) in [5.74, 6) is 2.61. The van der Waals surface area contributed by atoms with Crippen molar-refractivity contribution in [3.8, 4) is 0 Å². The van der Waals surface area contributed by atoms with Crippen LogP contribution in [0.15, 0.2) is 0 Å². The zero-order valence-electron chi connectivity index (χ0n) is 8.18. The molecule has 0 saturated carbocycles. The Morgan fingerprint density at radius 2 is 1.50 bits per heavy atom. The topological polar surface area (TPSA) is 32.3 Å². The molecule has 0 amide bonds. The maximum Gasteiger partial charge on any atom is 0.0563 e. The maximum absolute atomic E-state index is 8.52. The molecule has 4 heteroatoms. The predicted octanol–water partition coefficient (Wildman–Crippen LogP) is 1.10. The van der Waals surface area contributed by atoms with E-state index in [-0.39, 0.29) is 31.1 Å². The normalized spacial score (nSPS) is 17.0. The van der Waals surface area contributed by atoms with Gasteiger partial charge in [0, 0.05) is 55.7 Å². The Labute approximate surface area is 104 Å². The van der Waals surface area contributed by atoms with Crippen molar-refractivity contribution in [2.45, 2.75) is 26.4 Å². The van der Waals surface area contributed by atoms with Gasteiger partial charge < -0.3 is 10.4 Å². The molecule has 0 spiro atoms. The third-order valence-corrected chi connectivity index (χ3v) is 1.83. The molecule has 1 heterocycles. The van der Waals surface area contributed by atoms with Crippen molar-refractivity contribution in [1.29, 1.82) is 0 Å². The SMILES string of the molecule is C1CSCCN1.CC(C)(C)O.[U]. The smallest absolute Gasteiger partial charge is 0.0563 e. The van der Waals surface area contributed by atoms with E-state index in [2.05, 4.69) is 5.32 Å². The summed E-state index contributed by atoms with van der Waals surface area (Å²) in [6, 6.07) is 0. The Morgan fingerprint density at radius 3 is 1.58 bits per heavy atom. The molecule has 1 saturated heterocycles. The van der Waals surface area contributed by atoms with E-state index in [0.29, 0.717) is 0 Å². The molecule has 2 nitrogen and oxygen atoms in total. The molecule has 1 fully saturated rings. The van der Waals surface area contributed by atoms with Crippen LogP contribution < -0.4 is 5.32 Å². The second-order valence-electron chi connectivity index (χ2n) is 3.53. The third-order valence-electron chi connectivity index (χ3n) is 0.846. The first kappa shape index (κ1) is 15.8. The van der Waals surface area contributed by atoms with E-state index >= 15 is 0 Å². The van der Waals surface area contributed by atoms with Gasteiger partial charge in [0.05, 0.1) is 5.60 Å². The summed E-state index contributed by atoms with van der Waals surface area (Å²) in [5.41, 5.74) is -0.500. The van der Waals surface area contributed by atoms with Crippen LogP contribution in [-0.4, -0.2) is 35.3 Å². The summed E-state index contributed by atoms with van der Waals surface area (Å²) in [5, 5.41) is 11.8. The summed E-state index contributed by atoms with van der Waals surface area (Å²) in [4.78, 5) is 0. The number of nitrogens with one attached hydrogen (secondary N) is 1. The van der Waals surface area contributed by atoms with Gasteiger partial charge in [0.15, 0.2) is 0 Å². The van der Waals surface area contributed by atoms with Gasteiger partial charge in [-0.1, -0.05) is 0 Å². The quantitative estimate of drug-likeness (QED) is 0.622. The van der Waals surface area contributed by atoms with Crippen molar-refractivity contribution in [1.82, 2.24) is 5.32 Å². The van der Waals surface area contributed by atoms with Crippen LogP contribution in [0.4, 0.5) is 0 Å². The molecule has 0 unspecified atom stereocenters. The minimum Gasteiger partial charge on any atom is -0.391 e. The van der Waals surface area contributed by atoms with Gasteiger partial charge >= 0.3 is 0 Å². The standard InChI is InChI=1S/C4H9NS.C4H10O.U/c1-3-6-4-2-5-1;1-4(2,3)5;/h5H,1-4H2;5H,1-3H3;. The van der Waals surface area contributed by atoms with Gasteiger partial charge in [0.25, 0.3) is 0 Å². The Morgan fingerprint density at radius 1 is 1.17 bits per heavy atom. The molecule has 0 aromatic heterocycles. The second-order valence-corrected chi connectivity index (χ2v) is 4.76. The summed E-state index contributed by atoms with van der Waals surface area (Å²) >= 11 is 2.03. The van der Waals surface area contributed by atoms with Gasteiger partial charge in [0.2, 0.25) is 0 Å². The van der Waals surface area contributed by atoms with E-state index in [1.807, 2.05) is 11.8 Å². The van der Waals surface area contributed by atoms with Gasteiger partial charge in [-0.05, 0) is 20.8 Å². The van der Waals surface area contributed by atoms with Crippen molar-refractivity contribution in [2.24, 2.45) is 0 Å². The van der Waals surface area contributed by atoms with Crippen molar-refractivity contribution in [3.63, 3.8) is 0 Å². The van der Waals surface area contributed by atoms with Crippen LogP contribution in [-0.2, 0) is 0 Å². The minimum atomic E-state index is -0.500. The molecule has 0 aliphatic carbocycles. The zero-order chi connectivity index (χ0) is 8.74. The van der Waals surface area contributed by atoms with Crippen LogP contribution in [0.2, 0.25) is 0 Å². The zero-order valence-corrected chi connectivity index (χ0v) is 13.2. The third kappa shape index (κ3) is 22.5. The number of hydrogen-bond donors (Lipinski definition) is 2. The van der Waals surface area contributed by atoms with Gasteiger partial charge in [0.1, 0.15) is 0 Å². The fourth-order valence-corrected chi connectivity index (χ4v) is 1.30. The van der Waals surface area contributed by atoms with Crippen molar-refractivity contribution in [3.05, 3.63) is 0 Å². The molecule has 12 heavy (non-hydrogen) atoms. The van der Waals surface area contributed by atoms with Gasteiger partial charge in [-0.15, -0.1) is 0 Å². The molecule has 1 aliphatic rings. The monoisotopic (exact) mass is 415 g/mol. The Balaban J connectivity index is 0. The van der Waals surface area contributed by atoms with Crippen LogP contribution in [0.5, 0.6) is 0 Å². The molecular formula is C8H19NOSU. The van der Waals surface area contributed by atoms with Gasteiger partial charge in [-0.3, -0.25) is 0 Å². The van der Waals surface area contributed by atoms with Crippen molar-refractivity contribution in [2.75, 3.05) is 24.6 Å². The van der Waals surface area contributed by atoms with E-state index in [9.17, 15) is 0 Å². The Kier molecular flexibility index (Phi) is 11.7. The maximum atomic E-state index is 8.52.